The number of H-pyrrole nitrogens is 1. The van der Waals surface area contributed by atoms with Crippen LogP contribution < -0.4 is 10.6 Å². The van der Waals surface area contributed by atoms with Gasteiger partial charge in [-0.15, -0.1) is 0 Å². The molecule has 0 aliphatic carbocycles. The maximum Gasteiger partial charge on any atom is 0.224 e. The second kappa shape index (κ2) is 7.92. The Bertz CT molecular complexity index is 1100. The first-order chi connectivity index (χ1) is 13.7. The number of nitrogens with zero attached hydrogens (tertiary/aromatic N) is 2. The van der Waals surface area contributed by atoms with E-state index in [-0.39, 0.29) is 5.78 Å². The van der Waals surface area contributed by atoms with E-state index in [0.717, 1.165) is 24.2 Å². The van der Waals surface area contributed by atoms with Gasteiger partial charge < -0.3 is 15.6 Å². The summed E-state index contributed by atoms with van der Waals surface area (Å²) in [6.45, 7) is 2.29. The molecule has 2 aromatic carbocycles. The van der Waals surface area contributed by atoms with E-state index in [9.17, 15) is 4.79 Å². The minimum atomic E-state index is 0.0512. The molecule has 0 saturated heterocycles. The zero-order valence-electron chi connectivity index (χ0n) is 15.6. The highest BCUT2D eigenvalue weighted by molar-refractivity contribution is 5.94. The number of carbonyl (C=O) groups is 1. The number of nitrogens with one attached hydrogen (secondary N) is 3. The molecule has 0 atom stereocenters. The second-order valence-electron chi connectivity index (χ2n) is 6.56. The summed E-state index contributed by atoms with van der Waals surface area (Å²) >= 11 is 0. The van der Waals surface area contributed by atoms with Gasteiger partial charge >= 0.3 is 0 Å². The molecule has 4 aromatic rings. The number of ketones is 1. The normalized spacial score (nSPS) is 10.8. The number of carbonyl (C=O) groups excluding carboxylic acids is 1. The van der Waals surface area contributed by atoms with Gasteiger partial charge in [0.15, 0.2) is 5.78 Å². The standard InChI is InChI=1S/C22H21N5O/c1-15(28)16-6-8-18(9-7-16)26-21-11-13-24-22(27-21)23-12-10-17-14-25-20-5-3-2-4-19(17)20/h2-9,11,13-14,25H,10,12H2,1H3,(H2,23,24,26,27). The first-order valence-electron chi connectivity index (χ1n) is 9.19. The predicted octanol–water partition coefficient (Wildman–Crippen LogP) is 4.56. The Labute approximate surface area is 163 Å². The van der Waals surface area contributed by atoms with Gasteiger partial charge in [-0.1, -0.05) is 18.2 Å². The van der Waals surface area contributed by atoms with Gasteiger partial charge in [0.25, 0.3) is 0 Å². The third-order valence-corrected chi connectivity index (χ3v) is 4.57. The van der Waals surface area contributed by atoms with Gasteiger partial charge in [0.1, 0.15) is 5.82 Å². The molecular weight excluding hydrogens is 350 g/mol. The van der Waals surface area contributed by atoms with Crippen LogP contribution in [-0.4, -0.2) is 27.3 Å². The molecule has 28 heavy (non-hydrogen) atoms. The molecule has 3 N–H and O–H groups in total. The van der Waals surface area contributed by atoms with Crippen LogP contribution in [-0.2, 0) is 6.42 Å². The van der Waals surface area contributed by atoms with E-state index in [2.05, 4.69) is 43.9 Å². The number of anilines is 3. The largest absolute Gasteiger partial charge is 0.361 e. The molecule has 140 valence electrons. The Hall–Kier alpha value is -3.67. The summed E-state index contributed by atoms with van der Waals surface area (Å²) in [7, 11) is 0. The molecule has 4 rings (SSSR count). The van der Waals surface area contributed by atoms with Gasteiger partial charge in [-0.05, 0) is 55.3 Å². The summed E-state index contributed by atoms with van der Waals surface area (Å²) in [5, 5.41) is 7.75. The number of rotatable bonds is 7. The molecule has 6 heteroatoms. The number of Topliss-reactive ketones (excluding diaryl/α,β-unsaturated/α-hetero) is 1. The van der Waals surface area contributed by atoms with Gasteiger partial charge in [0.05, 0.1) is 0 Å². The zero-order valence-corrected chi connectivity index (χ0v) is 15.6. The van der Waals surface area contributed by atoms with Gasteiger partial charge in [-0.2, -0.15) is 4.98 Å². The quantitative estimate of drug-likeness (QED) is 0.415. The monoisotopic (exact) mass is 371 g/mol. The summed E-state index contributed by atoms with van der Waals surface area (Å²) < 4.78 is 0. The van der Waals surface area contributed by atoms with Crippen molar-refractivity contribution in [3.05, 3.63) is 78.1 Å². The first-order valence-corrected chi connectivity index (χ1v) is 9.19. The Morgan fingerprint density at radius 3 is 2.71 bits per heavy atom. The van der Waals surface area contributed by atoms with Crippen molar-refractivity contribution in [1.29, 1.82) is 0 Å². The third-order valence-electron chi connectivity index (χ3n) is 4.57. The second-order valence-corrected chi connectivity index (χ2v) is 6.56. The molecule has 2 heterocycles. The van der Waals surface area contributed by atoms with Gasteiger partial charge in [-0.25, -0.2) is 4.98 Å². The summed E-state index contributed by atoms with van der Waals surface area (Å²) in [4.78, 5) is 23.4. The van der Waals surface area contributed by atoms with Crippen molar-refractivity contribution in [2.75, 3.05) is 17.2 Å². The van der Waals surface area contributed by atoms with E-state index < -0.39 is 0 Å². The Morgan fingerprint density at radius 2 is 1.89 bits per heavy atom. The van der Waals surface area contributed by atoms with Crippen LogP contribution in [0, 0.1) is 0 Å². The van der Waals surface area contributed by atoms with E-state index in [1.165, 1.54) is 10.9 Å². The van der Waals surface area contributed by atoms with Crippen molar-refractivity contribution < 1.29 is 4.79 Å². The summed E-state index contributed by atoms with van der Waals surface area (Å²) in [6.07, 6.45) is 4.64. The Morgan fingerprint density at radius 1 is 1.07 bits per heavy atom. The number of para-hydroxylation sites is 1. The molecule has 6 nitrogen and oxygen atoms in total. The van der Waals surface area contributed by atoms with Crippen LogP contribution in [0.1, 0.15) is 22.8 Å². The van der Waals surface area contributed by atoms with Gasteiger partial charge in [0, 0.05) is 41.1 Å². The fraction of sp³-hybridized carbons (Fsp3) is 0.136. The van der Waals surface area contributed by atoms with Crippen LogP contribution in [0.15, 0.2) is 67.0 Å². The topological polar surface area (TPSA) is 82.7 Å². The third kappa shape index (κ3) is 4.01. The highest BCUT2D eigenvalue weighted by atomic mass is 16.1. The number of hydrogen-bond acceptors (Lipinski definition) is 5. The minimum Gasteiger partial charge on any atom is -0.361 e. The van der Waals surface area contributed by atoms with E-state index in [1.807, 2.05) is 30.3 Å². The smallest absolute Gasteiger partial charge is 0.224 e. The fourth-order valence-corrected chi connectivity index (χ4v) is 3.10. The van der Waals surface area contributed by atoms with E-state index in [4.69, 9.17) is 0 Å². The molecule has 0 saturated carbocycles. The lowest BCUT2D eigenvalue weighted by atomic mass is 10.1. The highest BCUT2D eigenvalue weighted by Crippen LogP contribution is 2.19. The Balaban J connectivity index is 1.37. The van der Waals surface area contributed by atoms with Gasteiger partial charge in [-0.3, -0.25) is 4.79 Å². The number of benzene rings is 2. The van der Waals surface area contributed by atoms with E-state index >= 15 is 0 Å². The summed E-state index contributed by atoms with van der Waals surface area (Å²) in [5.74, 6) is 1.32. The molecule has 0 spiro atoms. The zero-order chi connectivity index (χ0) is 19.3. The van der Waals surface area contributed by atoms with Crippen molar-refractivity contribution in [2.24, 2.45) is 0 Å². The van der Waals surface area contributed by atoms with Crippen molar-refractivity contribution in [1.82, 2.24) is 15.0 Å². The van der Waals surface area contributed by atoms with E-state index in [1.54, 1.807) is 25.3 Å². The molecular formula is C22H21N5O. The minimum absolute atomic E-state index is 0.0512. The lowest BCUT2D eigenvalue weighted by molar-refractivity contribution is 0.101. The SMILES string of the molecule is CC(=O)c1ccc(Nc2ccnc(NCCc3c[nH]c4ccccc34)n2)cc1. The van der Waals surface area contributed by atoms with Crippen LogP contribution in [0.2, 0.25) is 0 Å². The van der Waals surface area contributed by atoms with Crippen molar-refractivity contribution in [3.63, 3.8) is 0 Å². The van der Waals surface area contributed by atoms with Crippen LogP contribution in [0.4, 0.5) is 17.5 Å². The molecule has 0 radical (unpaired) electrons. The number of aromatic nitrogens is 3. The molecule has 2 aromatic heterocycles. The fourth-order valence-electron chi connectivity index (χ4n) is 3.10. The maximum absolute atomic E-state index is 11.4. The number of aromatic amines is 1. The first kappa shape index (κ1) is 17.7. The lowest BCUT2D eigenvalue weighted by Gasteiger charge is -2.09. The highest BCUT2D eigenvalue weighted by Gasteiger charge is 2.04. The molecule has 0 unspecified atom stereocenters. The number of fused-ring (bicyclic) bond motifs is 1. The maximum atomic E-state index is 11.4. The van der Waals surface area contributed by atoms with E-state index in [0.29, 0.717) is 17.3 Å². The Kier molecular flexibility index (Phi) is 5.01. The summed E-state index contributed by atoms with van der Waals surface area (Å²) in [6, 6.07) is 17.4. The molecule has 0 aliphatic heterocycles. The lowest BCUT2D eigenvalue weighted by Crippen LogP contribution is -2.08. The predicted molar refractivity (Wildman–Crippen MR) is 112 cm³/mol. The molecule has 0 amide bonds. The average molecular weight is 371 g/mol. The average Bonchev–Trinajstić information content (AvgIpc) is 3.12. The van der Waals surface area contributed by atoms with Gasteiger partial charge in [0.2, 0.25) is 5.95 Å². The van der Waals surface area contributed by atoms with Crippen molar-refractivity contribution in [3.8, 4) is 0 Å². The summed E-state index contributed by atoms with van der Waals surface area (Å²) in [5.41, 5.74) is 3.97. The molecule has 0 fully saturated rings. The number of hydrogen-bond donors (Lipinski definition) is 3. The molecule has 0 bridgehead atoms. The molecule has 0 aliphatic rings. The van der Waals surface area contributed by atoms with Crippen molar-refractivity contribution >= 4 is 34.1 Å². The van der Waals surface area contributed by atoms with Crippen LogP contribution >= 0.6 is 0 Å². The van der Waals surface area contributed by atoms with Crippen molar-refractivity contribution in [2.45, 2.75) is 13.3 Å². The van der Waals surface area contributed by atoms with Crippen LogP contribution in [0.3, 0.4) is 0 Å². The van der Waals surface area contributed by atoms with Crippen LogP contribution in [0.5, 0.6) is 0 Å². The van der Waals surface area contributed by atoms with Crippen LogP contribution in [0.25, 0.3) is 10.9 Å².